The third-order valence-electron chi connectivity index (χ3n) is 10.3. The van der Waals surface area contributed by atoms with Gasteiger partial charge in [-0.3, -0.25) is 9.63 Å². The first-order valence-corrected chi connectivity index (χ1v) is 12.4. The number of hydrogen-bond acceptors (Lipinski definition) is 3. The molecule has 4 unspecified atom stereocenters. The Morgan fingerprint density at radius 3 is 2.73 bits per heavy atom. The van der Waals surface area contributed by atoms with Gasteiger partial charge in [0.05, 0.1) is 13.2 Å². The molecule has 4 aliphatic carbocycles. The zero-order valence-electron chi connectivity index (χ0n) is 19.8. The number of rotatable bonds is 5. The molecule has 0 heterocycles. The Hall–Kier alpha value is -0.870. The largest absolute Gasteiger partial charge is 0.393 e. The normalized spacial score (nSPS) is 43.8. The number of aliphatic hydroxyl groups excluding tert-OH is 1. The molecule has 4 heteroatoms. The van der Waals surface area contributed by atoms with E-state index in [-0.39, 0.29) is 12.0 Å². The van der Waals surface area contributed by atoms with Crippen LogP contribution in [0.2, 0.25) is 0 Å². The van der Waals surface area contributed by atoms with Gasteiger partial charge in [0.1, 0.15) is 0 Å². The minimum Gasteiger partial charge on any atom is -0.393 e. The van der Waals surface area contributed by atoms with Crippen molar-refractivity contribution in [3.8, 4) is 0 Å². The van der Waals surface area contributed by atoms with Gasteiger partial charge in [-0.25, -0.2) is 5.06 Å². The number of hydrogen-bond donors (Lipinski definition) is 1. The fourth-order valence-electron chi connectivity index (χ4n) is 8.43. The summed E-state index contributed by atoms with van der Waals surface area (Å²) in [5.41, 5.74) is 2.31. The van der Waals surface area contributed by atoms with Crippen molar-refractivity contribution in [3.05, 3.63) is 11.6 Å². The second-order valence-corrected chi connectivity index (χ2v) is 11.5. The maximum Gasteiger partial charge on any atom is 0.245 e. The van der Waals surface area contributed by atoms with Crippen molar-refractivity contribution >= 4 is 5.91 Å². The Morgan fingerprint density at radius 1 is 1.23 bits per heavy atom. The summed E-state index contributed by atoms with van der Waals surface area (Å²) in [5.74, 6) is 3.84. The molecule has 0 aromatic rings. The van der Waals surface area contributed by atoms with Crippen molar-refractivity contribution in [2.24, 2.45) is 40.4 Å². The van der Waals surface area contributed by atoms with Crippen molar-refractivity contribution < 1.29 is 14.7 Å². The van der Waals surface area contributed by atoms with Gasteiger partial charge in [0.2, 0.25) is 5.91 Å². The first-order chi connectivity index (χ1) is 14.2. The second-order valence-electron chi connectivity index (χ2n) is 11.5. The number of carbonyl (C=O) groups is 1. The van der Waals surface area contributed by atoms with Crippen LogP contribution in [-0.4, -0.2) is 36.3 Å². The Morgan fingerprint density at radius 2 is 2.00 bits per heavy atom. The fourth-order valence-corrected chi connectivity index (χ4v) is 8.43. The molecule has 1 N–H and O–H groups in total. The van der Waals surface area contributed by atoms with E-state index >= 15 is 0 Å². The number of fused-ring (bicyclic) bond motifs is 5. The maximum absolute atomic E-state index is 12.2. The highest BCUT2D eigenvalue weighted by Crippen LogP contribution is 2.67. The zero-order chi connectivity index (χ0) is 21.7. The van der Waals surface area contributed by atoms with E-state index in [1.165, 1.54) is 43.6 Å². The van der Waals surface area contributed by atoms with Gasteiger partial charge in [-0.2, -0.15) is 0 Å². The lowest BCUT2D eigenvalue weighted by molar-refractivity contribution is -0.169. The standard InChI is InChI=1S/C26H43NO3/c1-17(6-11-24(29)27(4)30-5)21-9-10-22-20-8-7-18-16-19(28)12-14-25(18,2)23(20)13-15-26(21,22)3/h7,17,19-23,28H,6,8-16H2,1-5H3/t17-,19+,20?,21?,22?,23?,25+,26-/m1/s1. The Bertz CT molecular complexity index is 690. The van der Waals surface area contributed by atoms with Gasteiger partial charge in [0.15, 0.2) is 0 Å². The molecule has 0 aliphatic heterocycles. The molecule has 4 aliphatic rings. The van der Waals surface area contributed by atoms with Gasteiger partial charge < -0.3 is 5.11 Å². The summed E-state index contributed by atoms with van der Waals surface area (Å²) in [5, 5.41) is 11.6. The summed E-state index contributed by atoms with van der Waals surface area (Å²) < 4.78 is 0. The summed E-state index contributed by atoms with van der Waals surface area (Å²) in [4.78, 5) is 17.3. The minimum atomic E-state index is -0.119. The second kappa shape index (κ2) is 8.24. The van der Waals surface area contributed by atoms with E-state index in [9.17, 15) is 9.90 Å². The maximum atomic E-state index is 12.2. The van der Waals surface area contributed by atoms with Crippen LogP contribution in [0.5, 0.6) is 0 Å². The number of hydroxylamine groups is 2. The predicted molar refractivity (Wildman–Crippen MR) is 119 cm³/mol. The quantitative estimate of drug-likeness (QED) is 0.484. The molecule has 0 radical (unpaired) electrons. The third-order valence-corrected chi connectivity index (χ3v) is 10.3. The van der Waals surface area contributed by atoms with E-state index in [1.807, 2.05) is 0 Å². The molecular weight excluding hydrogens is 374 g/mol. The molecule has 0 aromatic carbocycles. The highest BCUT2D eigenvalue weighted by molar-refractivity contribution is 5.74. The average molecular weight is 418 g/mol. The Labute approximate surface area is 183 Å². The lowest BCUT2D eigenvalue weighted by atomic mass is 9.47. The van der Waals surface area contributed by atoms with Crippen LogP contribution < -0.4 is 0 Å². The summed E-state index contributed by atoms with van der Waals surface area (Å²) in [6.45, 7) is 7.47. The molecule has 4 nitrogen and oxygen atoms in total. The number of aliphatic hydroxyl groups is 1. The highest BCUT2D eigenvalue weighted by atomic mass is 16.7. The highest BCUT2D eigenvalue weighted by Gasteiger charge is 2.59. The van der Waals surface area contributed by atoms with Crippen LogP contribution in [0.1, 0.15) is 85.0 Å². The van der Waals surface area contributed by atoms with Gasteiger partial charge in [-0.1, -0.05) is 32.4 Å². The van der Waals surface area contributed by atoms with Crippen molar-refractivity contribution in [2.45, 2.75) is 91.1 Å². The number of carbonyl (C=O) groups excluding carboxylic acids is 1. The van der Waals surface area contributed by atoms with Crippen LogP contribution in [0, 0.1) is 40.4 Å². The fraction of sp³-hybridized carbons (Fsp3) is 0.885. The van der Waals surface area contributed by atoms with Gasteiger partial charge >= 0.3 is 0 Å². The molecule has 0 aromatic heterocycles. The number of amides is 1. The van der Waals surface area contributed by atoms with E-state index in [0.717, 1.165) is 42.9 Å². The molecule has 170 valence electrons. The first-order valence-electron chi connectivity index (χ1n) is 12.4. The Kier molecular flexibility index (Phi) is 6.13. The predicted octanol–water partition coefficient (Wildman–Crippen LogP) is 5.36. The monoisotopic (exact) mass is 417 g/mol. The number of allylic oxidation sites excluding steroid dienone is 1. The topological polar surface area (TPSA) is 49.8 Å². The van der Waals surface area contributed by atoms with Crippen LogP contribution in [0.25, 0.3) is 0 Å². The summed E-state index contributed by atoms with van der Waals surface area (Å²) >= 11 is 0. The molecule has 4 rings (SSSR count). The molecule has 3 saturated carbocycles. The van der Waals surface area contributed by atoms with Gasteiger partial charge in [-0.15, -0.1) is 0 Å². The van der Waals surface area contributed by atoms with E-state index in [2.05, 4.69) is 26.8 Å². The summed E-state index contributed by atoms with van der Waals surface area (Å²) in [6.07, 6.45) is 13.6. The van der Waals surface area contributed by atoms with E-state index in [1.54, 1.807) is 19.7 Å². The molecular formula is C26H43NO3. The minimum absolute atomic E-state index is 0.0881. The molecule has 3 fully saturated rings. The van der Waals surface area contributed by atoms with Crippen molar-refractivity contribution in [1.82, 2.24) is 5.06 Å². The SMILES string of the molecule is CON(C)C(=O)CC[C@@H](C)C1CCC2C3CC=C4C[C@@H](O)CC[C@]4(C)C3CC[C@@]21C. The molecule has 8 atom stereocenters. The van der Waals surface area contributed by atoms with E-state index in [0.29, 0.717) is 23.2 Å². The molecule has 1 amide bonds. The van der Waals surface area contributed by atoms with E-state index < -0.39 is 0 Å². The van der Waals surface area contributed by atoms with Crippen LogP contribution in [0.3, 0.4) is 0 Å². The molecule has 0 saturated heterocycles. The smallest absolute Gasteiger partial charge is 0.245 e. The van der Waals surface area contributed by atoms with Crippen molar-refractivity contribution in [1.29, 1.82) is 0 Å². The zero-order valence-corrected chi connectivity index (χ0v) is 19.8. The Balaban J connectivity index is 1.47. The summed E-state index contributed by atoms with van der Waals surface area (Å²) in [7, 11) is 3.26. The summed E-state index contributed by atoms with van der Waals surface area (Å²) in [6, 6.07) is 0. The molecule has 0 spiro atoms. The van der Waals surface area contributed by atoms with Gasteiger partial charge in [-0.05, 0) is 98.2 Å². The first kappa shape index (κ1) is 22.3. The lowest BCUT2D eigenvalue weighted by Gasteiger charge is -2.58. The van der Waals surface area contributed by atoms with Gasteiger partial charge in [0.25, 0.3) is 0 Å². The van der Waals surface area contributed by atoms with E-state index in [4.69, 9.17) is 4.84 Å². The van der Waals surface area contributed by atoms with Crippen LogP contribution >= 0.6 is 0 Å². The third kappa shape index (κ3) is 3.56. The lowest BCUT2D eigenvalue weighted by Crippen LogP contribution is -2.50. The van der Waals surface area contributed by atoms with Crippen molar-refractivity contribution in [3.63, 3.8) is 0 Å². The van der Waals surface area contributed by atoms with Gasteiger partial charge in [0, 0.05) is 13.5 Å². The van der Waals surface area contributed by atoms with Crippen LogP contribution in [0.15, 0.2) is 11.6 Å². The molecule has 30 heavy (non-hydrogen) atoms. The van der Waals surface area contributed by atoms with Crippen LogP contribution in [0.4, 0.5) is 0 Å². The molecule has 0 bridgehead atoms. The van der Waals surface area contributed by atoms with Crippen LogP contribution in [-0.2, 0) is 9.63 Å². The number of nitrogens with zero attached hydrogens (tertiary/aromatic N) is 1. The average Bonchev–Trinajstić information content (AvgIpc) is 3.09. The van der Waals surface area contributed by atoms with Crippen molar-refractivity contribution in [2.75, 3.05) is 14.2 Å².